The Balaban J connectivity index is 2.13. The van der Waals surface area contributed by atoms with Gasteiger partial charge in [0.25, 0.3) is 0 Å². The lowest BCUT2D eigenvalue weighted by atomic mass is 9.74. The minimum atomic E-state index is -0.258. The maximum absolute atomic E-state index is 12.7. The molecule has 116 valence electrons. The second kappa shape index (κ2) is 7.14. The highest BCUT2D eigenvalue weighted by Crippen LogP contribution is 2.36. The third-order valence-corrected chi connectivity index (χ3v) is 4.48. The van der Waals surface area contributed by atoms with Crippen LogP contribution in [0.3, 0.4) is 0 Å². The third-order valence-electron chi connectivity index (χ3n) is 4.18. The van der Waals surface area contributed by atoms with Gasteiger partial charge in [-0.15, -0.1) is 0 Å². The number of benzene rings is 1. The largest absolute Gasteiger partial charge is 0.495 e. The van der Waals surface area contributed by atoms with E-state index in [-0.39, 0.29) is 11.3 Å². The van der Waals surface area contributed by atoms with Crippen LogP contribution in [0, 0.1) is 5.41 Å². The molecule has 0 aliphatic carbocycles. The molecule has 1 saturated heterocycles. The van der Waals surface area contributed by atoms with Crippen molar-refractivity contribution in [3.05, 3.63) is 23.2 Å². The number of halogens is 1. The second-order valence-electron chi connectivity index (χ2n) is 5.58. The Morgan fingerprint density at radius 3 is 2.71 bits per heavy atom. The SMILES string of the molecule is CCCC1(C(=O)Nc2ccc(OC)c(Cl)c2)CCNCC1. The fraction of sp³-hybridized carbons (Fsp3) is 0.562. The Labute approximate surface area is 131 Å². The van der Waals surface area contributed by atoms with Gasteiger partial charge in [-0.05, 0) is 50.6 Å². The number of ether oxygens (including phenoxy) is 1. The van der Waals surface area contributed by atoms with Gasteiger partial charge >= 0.3 is 0 Å². The van der Waals surface area contributed by atoms with E-state index in [0.29, 0.717) is 10.8 Å². The van der Waals surface area contributed by atoms with Crippen molar-refractivity contribution in [2.24, 2.45) is 5.41 Å². The highest BCUT2D eigenvalue weighted by atomic mass is 35.5. The molecule has 0 radical (unpaired) electrons. The number of amides is 1. The molecule has 2 N–H and O–H groups in total. The van der Waals surface area contributed by atoms with Gasteiger partial charge in [-0.1, -0.05) is 24.9 Å². The zero-order valence-electron chi connectivity index (χ0n) is 12.7. The van der Waals surface area contributed by atoms with Crippen LogP contribution in [0.15, 0.2) is 18.2 Å². The van der Waals surface area contributed by atoms with Crippen LogP contribution in [-0.4, -0.2) is 26.1 Å². The Hall–Kier alpha value is -1.26. The summed E-state index contributed by atoms with van der Waals surface area (Å²) >= 11 is 6.11. The first-order chi connectivity index (χ1) is 10.1. The van der Waals surface area contributed by atoms with Crippen LogP contribution in [0.4, 0.5) is 5.69 Å². The molecule has 0 spiro atoms. The monoisotopic (exact) mass is 310 g/mol. The van der Waals surface area contributed by atoms with Crippen molar-refractivity contribution in [1.29, 1.82) is 0 Å². The standard InChI is InChI=1S/C16H23ClN2O2/c1-3-6-16(7-9-18-10-8-16)15(20)19-12-4-5-14(21-2)13(17)11-12/h4-5,11,18H,3,6-10H2,1-2H3,(H,19,20). The smallest absolute Gasteiger partial charge is 0.230 e. The fourth-order valence-corrected chi connectivity index (χ4v) is 3.24. The van der Waals surface area contributed by atoms with E-state index in [2.05, 4.69) is 17.6 Å². The quantitative estimate of drug-likeness (QED) is 0.875. The number of anilines is 1. The number of hydrogen-bond donors (Lipinski definition) is 2. The molecule has 0 atom stereocenters. The van der Waals surface area contributed by atoms with Gasteiger partial charge in [0.2, 0.25) is 5.91 Å². The second-order valence-corrected chi connectivity index (χ2v) is 5.99. The molecular formula is C16H23ClN2O2. The minimum absolute atomic E-state index is 0.104. The molecule has 1 aliphatic heterocycles. The van der Waals surface area contributed by atoms with Crippen LogP contribution in [0.5, 0.6) is 5.75 Å². The van der Waals surface area contributed by atoms with Crippen molar-refractivity contribution in [2.45, 2.75) is 32.6 Å². The first-order valence-electron chi connectivity index (χ1n) is 7.47. The summed E-state index contributed by atoms with van der Waals surface area (Å²) in [4.78, 5) is 12.7. The lowest BCUT2D eigenvalue weighted by Crippen LogP contribution is -2.44. The topological polar surface area (TPSA) is 50.4 Å². The van der Waals surface area contributed by atoms with Crippen LogP contribution in [-0.2, 0) is 4.79 Å². The summed E-state index contributed by atoms with van der Waals surface area (Å²) in [6.45, 7) is 3.93. The van der Waals surface area contributed by atoms with Crippen molar-refractivity contribution in [1.82, 2.24) is 5.32 Å². The van der Waals surface area contributed by atoms with Crippen molar-refractivity contribution in [3.8, 4) is 5.75 Å². The summed E-state index contributed by atoms with van der Waals surface area (Å²) in [5, 5.41) is 6.85. The van der Waals surface area contributed by atoms with Crippen molar-refractivity contribution >= 4 is 23.2 Å². The van der Waals surface area contributed by atoms with Gasteiger partial charge in [0, 0.05) is 5.69 Å². The number of piperidine rings is 1. The lowest BCUT2D eigenvalue weighted by Gasteiger charge is -2.36. The van der Waals surface area contributed by atoms with E-state index in [4.69, 9.17) is 16.3 Å². The van der Waals surface area contributed by atoms with Crippen molar-refractivity contribution in [2.75, 3.05) is 25.5 Å². The highest BCUT2D eigenvalue weighted by Gasteiger charge is 2.38. The van der Waals surface area contributed by atoms with Crippen LogP contribution in [0.1, 0.15) is 32.6 Å². The molecule has 1 amide bonds. The van der Waals surface area contributed by atoms with Crippen LogP contribution in [0.25, 0.3) is 0 Å². The molecule has 0 saturated carbocycles. The van der Waals surface area contributed by atoms with E-state index in [1.165, 1.54) is 0 Å². The fourth-order valence-electron chi connectivity index (χ4n) is 2.98. The summed E-state index contributed by atoms with van der Waals surface area (Å²) < 4.78 is 5.13. The van der Waals surface area contributed by atoms with Crippen molar-refractivity contribution in [3.63, 3.8) is 0 Å². The molecule has 0 bridgehead atoms. The summed E-state index contributed by atoms with van der Waals surface area (Å²) in [5.41, 5.74) is 0.465. The number of hydrogen-bond acceptors (Lipinski definition) is 3. The molecule has 1 aromatic carbocycles. The summed E-state index contributed by atoms with van der Waals surface area (Å²) in [5.74, 6) is 0.715. The summed E-state index contributed by atoms with van der Waals surface area (Å²) in [6.07, 6.45) is 3.70. The Morgan fingerprint density at radius 2 is 2.14 bits per heavy atom. The molecule has 4 nitrogen and oxygen atoms in total. The highest BCUT2D eigenvalue weighted by molar-refractivity contribution is 6.32. The number of carbonyl (C=O) groups is 1. The molecule has 1 aliphatic rings. The predicted molar refractivity (Wildman–Crippen MR) is 86.1 cm³/mol. The molecule has 5 heteroatoms. The number of nitrogens with one attached hydrogen (secondary N) is 2. The molecular weight excluding hydrogens is 288 g/mol. The van der Waals surface area contributed by atoms with E-state index >= 15 is 0 Å². The summed E-state index contributed by atoms with van der Waals surface area (Å²) in [7, 11) is 1.57. The van der Waals surface area contributed by atoms with E-state index in [1.54, 1.807) is 19.2 Å². The summed E-state index contributed by atoms with van der Waals surface area (Å²) in [6, 6.07) is 5.33. The van der Waals surface area contributed by atoms with Gasteiger partial charge in [0.15, 0.2) is 0 Å². The van der Waals surface area contributed by atoms with Crippen molar-refractivity contribution < 1.29 is 9.53 Å². The average molecular weight is 311 g/mol. The molecule has 1 heterocycles. The van der Waals surface area contributed by atoms with E-state index in [1.807, 2.05) is 6.07 Å². The van der Waals surface area contributed by atoms with E-state index in [0.717, 1.165) is 44.5 Å². The Morgan fingerprint density at radius 1 is 1.43 bits per heavy atom. The number of rotatable bonds is 5. The van der Waals surface area contributed by atoms with Crippen LogP contribution < -0.4 is 15.4 Å². The first-order valence-corrected chi connectivity index (χ1v) is 7.85. The maximum atomic E-state index is 12.7. The average Bonchev–Trinajstić information content (AvgIpc) is 2.48. The third kappa shape index (κ3) is 3.69. The molecule has 2 rings (SSSR count). The molecule has 0 aromatic heterocycles. The molecule has 21 heavy (non-hydrogen) atoms. The van der Waals surface area contributed by atoms with E-state index in [9.17, 15) is 4.79 Å². The maximum Gasteiger partial charge on any atom is 0.230 e. The number of methoxy groups -OCH3 is 1. The Kier molecular flexibility index (Phi) is 5.48. The predicted octanol–water partition coefficient (Wildman–Crippen LogP) is 3.46. The lowest BCUT2D eigenvalue weighted by molar-refractivity contribution is -0.127. The molecule has 1 aromatic rings. The molecule has 1 fully saturated rings. The van der Waals surface area contributed by atoms with Gasteiger partial charge in [0.1, 0.15) is 5.75 Å². The van der Waals surface area contributed by atoms with Gasteiger partial charge in [-0.2, -0.15) is 0 Å². The van der Waals surface area contributed by atoms with Crippen LogP contribution in [0.2, 0.25) is 5.02 Å². The Bertz CT molecular complexity index is 494. The van der Waals surface area contributed by atoms with Gasteiger partial charge in [-0.3, -0.25) is 4.79 Å². The van der Waals surface area contributed by atoms with Gasteiger partial charge < -0.3 is 15.4 Å². The molecule has 0 unspecified atom stereocenters. The first kappa shape index (κ1) is 16.1. The number of carbonyl (C=O) groups excluding carboxylic acids is 1. The zero-order valence-corrected chi connectivity index (χ0v) is 13.4. The van der Waals surface area contributed by atoms with Gasteiger partial charge in [-0.25, -0.2) is 0 Å². The van der Waals surface area contributed by atoms with Crippen LogP contribution >= 0.6 is 11.6 Å². The normalized spacial score (nSPS) is 17.3. The zero-order chi connectivity index (χ0) is 15.3. The minimum Gasteiger partial charge on any atom is -0.495 e. The van der Waals surface area contributed by atoms with E-state index < -0.39 is 0 Å². The van der Waals surface area contributed by atoms with Gasteiger partial charge in [0.05, 0.1) is 17.5 Å².